The van der Waals surface area contributed by atoms with Crippen molar-refractivity contribution in [2.24, 2.45) is 5.41 Å². The number of ether oxygens (including phenoxy) is 1. The highest BCUT2D eigenvalue weighted by molar-refractivity contribution is 5.51. The summed E-state index contributed by atoms with van der Waals surface area (Å²) in [6.45, 7) is 9.34. The van der Waals surface area contributed by atoms with Crippen LogP contribution in [0.1, 0.15) is 20.8 Å². The summed E-state index contributed by atoms with van der Waals surface area (Å²) < 4.78 is 5.66. The molecule has 0 aliphatic rings. The predicted molar refractivity (Wildman–Crippen MR) is 73.3 cm³/mol. The highest BCUT2D eigenvalue weighted by atomic mass is 16.5. The van der Waals surface area contributed by atoms with Gasteiger partial charge in [0.2, 0.25) is 0 Å². The van der Waals surface area contributed by atoms with Crippen LogP contribution >= 0.6 is 0 Å². The average Bonchev–Trinajstić information content (AvgIpc) is 2.18. The lowest BCUT2D eigenvalue weighted by Crippen LogP contribution is -2.32. The fraction of sp³-hybridized carbons (Fsp3) is 0.571. The van der Waals surface area contributed by atoms with E-state index >= 15 is 0 Å². The van der Waals surface area contributed by atoms with Gasteiger partial charge in [-0.2, -0.15) is 0 Å². The van der Waals surface area contributed by atoms with Gasteiger partial charge in [-0.25, -0.2) is 0 Å². The van der Waals surface area contributed by atoms with Gasteiger partial charge in [0.1, 0.15) is 12.4 Å². The molecule has 0 saturated heterocycles. The lowest BCUT2D eigenvalue weighted by Gasteiger charge is -2.26. The number of hydrogen-bond acceptors (Lipinski definition) is 3. The van der Waals surface area contributed by atoms with E-state index in [-0.39, 0.29) is 0 Å². The van der Waals surface area contributed by atoms with Crippen LogP contribution in [-0.4, -0.2) is 31.6 Å². The van der Waals surface area contributed by atoms with Crippen LogP contribution in [0.15, 0.2) is 24.3 Å². The molecule has 0 fully saturated rings. The Labute approximate surface area is 105 Å². The van der Waals surface area contributed by atoms with E-state index in [0.29, 0.717) is 17.7 Å². The molecule has 0 atom stereocenters. The van der Waals surface area contributed by atoms with E-state index in [1.807, 2.05) is 24.3 Å². The van der Waals surface area contributed by atoms with Crippen LogP contribution in [-0.2, 0) is 0 Å². The zero-order valence-electron chi connectivity index (χ0n) is 11.4. The standard InChI is InChI=1S/C14H24N2O/c1-14(2,3)11-16(4)9-10-17-13-8-6-5-7-12(13)15/h5-8H,9-11,15H2,1-4H3. The van der Waals surface area contributed by atoms with Gasteiger partial charge in [-0.3, -0.25) is 0 Å². The van der Waals surface area contributed by atoms with Crippen molar-refractivity contribution in [3.63, 3.8) is 0 Å². The van der Waals surface area contributed by atoms with Crippen LogP contribution in [0.5, 0.6) is 5.75 Å². The number of nitrogens with two attached hydrogens (primary N) is 1. The second-order valence-corrected chi connectivity index (χ2v) is 5.68. The Morgan fingerprint density at radius 3 is 2.47 bits per heavy atom. The highest BCUT2D eigenvalue weighted by Crippen LogP contribution is 2.19. The molecule has 2 N–H and O–H groups in total. The quantitative estimate of drug-likeness (QED) is 0.799. The number of nitrogen functional groups attached to an aromatic ring is 1. The Balaban J connectivity index is 2.31. The Bertz CT molecular complexity index is 344. The molecule has 1 aromatic carbocycles. The van der Waals surface area contributed by atoms with Gasteiger partial charge in [0, 0.05) is 13.1 Å². The molecule has 0 spiro atoms. The first-order chi connectivity index (χ1) is 7.88. The minimum atomic E-state index is 0.320. The summed E-state index contributed by atoms with van der Waals surface area (Å²) in [5.41, 5.74) is 6.82. The van der Waals surface area contributed by atoms with E-state index in [4.69, 9.17) is 10.5 Å². The lowest BCUT2D eigenvalue weighted by molar-refractivity contribution is 0.188. The highest BCUT2D eigenvalue weighted by Gasteiger charge is 2.13. The molecule has 1 rings (SSSR count). The van der Waals surface area contributed by atoms with E-state index < -0.39 is 0 Å². The van der Waals surface area contributed by atoms with Crippen LogP contribution in [0.25, 0.3) is 0 Å². The summed E-state index contributed by atoms with van der Waals surface area (Å²) in [6.07, 6.45) is 0. The van der Waals surface area contributed by atoms with Crippen molar-refractivity contribution < 1.29 is 4.74 Å². The molecule has 0 unspecified atom stereocenters. The molecule has 3 heteroatoms. The Morgan fingerprint density at radius 2 is 1.88 bits per heavy atom. The third-order valence-electron chi connectivity index (χ3n) is 2.39. The van der Waals surface area contributed by atoms with Gasteiger partial charge < -0.3 is 15.4 Å². The third kappa shape index (κ3) is 5.59. The maximum atomic E-state index is 5.80. The first-order valence-electron chi connectivity index (χ1n) is 6.04. The van der Waals surface area contributed by atoms with E-state index in [0.717, 1.165) is 18.8 Å². The van der Waals surface area contributed by atoms with Gasteiger partial charge in [-0.15, -0.1) is 0 Å². The molecule has 3 nitrogen and oxygen atoms in total. The van der Waals surface area contributed by atoms with E-state index in [1.165, 1.54) is 0 Å². The number of hydrogen-bond donors (Lipinski definition) is 1. The van der Waals surface area contributed by atoms with Gasteiger partial charge >= 0.3 is 0 Å². The van der Waals surface area contributed by atoms with Gasteiger partial charge in [0.05, 0.1) is 5.69 Å². The molecule has 1 aromatic rings. The maximum absolute atomic E-state index is 5.80. The first-order valence-corrected chi connectivity index (χ1v) is 6.04. The van der Waals surface area contributed by atoms with Crippen molar-refractivity contribution in [1.82, 2.24) is 4.90 Å². The molecule has 0 aromatic heterocycles. The summed E-state index contributed by atoms with van der Waals surface area (Å²) in [7, 11) is 2.11. The van der Waals surface area contributed by atoms with E-state index in [1.54, 1.807) is 0 Å². The van der Waals surface area contributed by atoms with Gasteiger partial charge in [0.15, 0.2) is 0 Å². The fourth-order valence-corrected chi connectivity index (χ4v) is 1.81. The minimum Gasteiger partial charge on any atom is -0.490 e. The molecule has 96 valence electrons. The summed E-state index contributed by atoms with van der Waals surface area (Å²) in [5.74, 6) is 0.775. The van der Waals surface area contributed by atoms with Gasteiger partial charge in [0.25, 0.3) is 0 Å². The normalized spacial score (nSPS) is 11.8. The Hall–Kier alpha value is -1.22. The molecular weight excluding hydrogens is 212 g/mol. The fourth-order valence-electron chi connectivity index (χ4n) is 1.81. The minimum absolute atomic E-state index is 0.320. The van der Waals surface area contributed by atoms with Crippen molar-refractivity contribution >= 4 is 5.69 Å². The molecule has 17 heavy (non-hydrogen) atoms. The monoisotopic (exact) mass is 236 g/mol. The van der Waals surface area contributed by atoms with E-state index in [9.17, 15) is 0 Å². The molecule has 0 aliphatic heterocycles. The molecular formula is C14H24N2O. The molecule has 0 amide bonds. The third-order valence-corrected chi connectivity index (χ3v) is 2.39. The number of nitrogens with zero attached hydrogens (tertiary/aromatic N) is 1. The Kier molecular flexibility index (Phi) is 4.82. The first kappa shape index (κ1) is 13.8. The van der Waals surface area contributed by atoms with Gasteiger partial charge in [-0.05, 0) is 24.6 Å². The van der Waals surface area contributed by atoms with Crippen LogP contribution in [0.2, 0.25) is 0 Å². The van der Waals surface area contributed by atoms with Crippen molar-refractivity contribution in [2.75, 3.05) is 32.5 Å². The van der Waals surface area contributed by atoms with Crippen LogP contribution in [0, 0.1) is 5.41 Å². The number of rotatable bonds is 5. The number of anilines is 1. The average molecular weight is 236 g/mol. The van der Waals surface area contributed by atoms with Crippen molar-refractivity contribution in [1.29, 1.82) is 0 Å². The Morgan fingerprint density at radius 1 is 1.24 bits per heavy atom. The van der Waals surface area contributed by atoms with Gasteiger partial charge in [-0.1, -0.05) is 32.9 Å². The topological polar surface area (TPSA) is 38.5 Å². The molecule has 0 bridgehead atoms. The maximum Gasteiger partial charge on any atom is 0.142 e. The number of para-hydroxylation sites is 2. The van der Waals surface area contributed by atoms with Crippen molar-refractivity contribution in [2.45, 2.75) is 20.8 Å². The zero-order valence-corrected chi connectivity index (χ0v) is 11.4. The summed E-state index contributed by atoms with van der Waals surface area (Å²) in [4.78, 5) is 2.28. The summed E-state index contributed by atoms with van der Waals surface area (Å²) in [5, 5.41) is 0. The molecule has 0 radical (unpaired) electrons. The number of likely N-dealkylation sites (N-methyl/N-ethyl adjacent to an activating group) is 1. The van der Waals surface area contributed by atoms with Crippen molar-refractivity contribution in [3.8, 4) is 5.75 Å². The predicted octanol–water partition coefficient (Wildman–Crippen LogP) is 2.63. The second kappa shape index (κ2) is 5.92. The largest absolute Gasteiger partial charge is 0.490 e. The summed E-state index contributed by atoms with van der Waals surface area (Å²) in [6, 6.07) is 7.60. The summed E-state index contributed by atoms with van der Waals surface area (Å²) >= 11 is 0. The smallest absolute Gasteiger partial charge is 0.142 e. The molecule has 0 heterocycles. The van der Waals surface area contributed by atoms with E-state index in [2.05, 4.69) is 32.7 Å². The second-order valence-electron chi connectivity index (χ2n) is 5.68. The van der Waals surface area contributed by atoms with Crippen molar-refractivity contribution in [3.05, 3.63) is 24.3 Å². The zero-order chi connectivity index (χ0) is 12.9. The molecule has 0 saturated carbocycles. The van der Waals surface area contributed by atoms with Crippen LogP contribution < -0.4 is 10.5 Å². The molecule has 0 aliphatic carbocycles. The SMILES string of the molecule is CN(CCOc1ccccc1N)CC(C)(C)C. The number of benzene rings is 1. The lowest BCUT2D eigenvalue weighted by atomic mass is 9.96. The van der Waals surface area contributed by atoms with Crippen LogP contribution in [0.4, 0.5) is 5.69 Å². The van der Waals surface area contributed by atoms with Crippen LogP contribution in [0.3, 0.4) is 0 Å².